The maximum absolute atomic E-state index is 13.1. The molecule has 0 aromatic heterocycles. The molecular formula is C22H31N3O3. The maximum Gasteiger partial charge on any atom is 0.251 e. The predicted octanol–water partition coefficient (Wildman–Crippen LogP) is 2.30. The molecule has 6 heteroatoms. The molecule has 1 aromatic rings. The predicted molar refractivity (Wildman–Crippen MR) is 108 cm³/mol. The van der Waals surface area contributed by atoms with Gasteiger partial charge in [0, 0.05) is 37.7 Å². The van der Waals surface area contributed by atoms with E-state index in [2.05, 4.69) is 5.32 Å². The lowest BCUT2D eigenvalue weighted by atomic mass is 9.88. The van der Waals surface area contributed by atoms with Gasteiger partial charge in [-0.15, -0.1) is 0 Å². The van der Waals surface area contributed by atoms with Crippen molar-refractivity contribution in [1.82, 2.24) is 15.1 Å². The molecule has 1 aromatic carbocycles. The molecule has 1 aliphatic carbocycles. The molecule has 152 valence electrons. The van der Waals surface area contributed by atoms with E-state index in [1.54, 1.807) is 17.0 Å². The minimum absolute atomic E-state index is 0.0266. The number of piperidine rings is 1. The van der Waals surface area contributed by atoms with Crippen molar-refractivity contribution in [2.45, 2.75) is 45.6 Å². The molecule has 2 fully saturated rings. The quantitative estimate of drug-likeness (QED) is 0.783. The van der Waals surface area contributed by atoms with Gasteiger partial charge in [0.05, 0.1) is 0 Å². The molecule has 1 atom stereocenters. The molecule has 1 heterocycles. The first-order valence-electron chi connectivity index (χ1n) is 10.5. The summed E-state index contributed by atoms with van der Waals surface area (Å²) < 4.78 is 0. The molecule has 1 saturated carbocycles. The number of likely N-dealkylation sites (N-methyl/N-ethyl adjacent to an activating group) is 1. The minimum Gasteiger partial charge on any atom is -0.342 e. The van der Waals surface area contributed by atoms with E-state index in [0.29, 0.717) is 31.7 Å². The number of carbonyl (C=O) groups is 3. The number of nitrogens with zero attached hydrogens (tertiary/aromatic N) is 2. The molecule has 6 nitrogen and oxygen atoms in total. The fourth-order valence-electron chi connectivity index (χ4n) is 3.97. The van der Waals surface area contributed by atoms with Crippen LogP contribution >= 0.6 is 0 Å². The highest BCUT2D eigenvalue weighted by Gasteiger charge is 2.38. The van der Waals surface area contributed by atoms with Crippen molar-refractivity contribution < 1.29 is 14.4 Å². The van der Waals surface area contributed by atoms with Crippen LogP contribution in [0.3, 0.4) is 0 Å². The summed E-state index contributed by atoms with van der Waals surface area (Å²) in [5.74, 6) is 0.286. The number of rotatable bonds is 7. The summed E-state index contributed by atoms with van der Waals surface area (Å²) in [7, 11) is 0. The summed E-state index contributed by atoms with van der Waals surface area (Å²) in [5, 5.41) is 3.00. The van der Waals surface area contributed by atoms with Crippen molar-refractivity contribution >= 4 is 17.7 Å². The van der Waals surface area contributed by atoms with Crippen LogP contribution in [0.1, 0.15) is 49.9 Å². The van der Waals surface area contributed by atoms with E-state index in [4.69, 9.17) is 0 Å². The zero-order valence-corrected chi connectivity index (χ0v) is 16.9. The zero-order valence-electron chi connectivity index (χ0n) is 16.9. The second-order valence-corrected chi connectivity index (χ2v) is 7.76. The fraction of sp³-hybridized carbons (Fsp3) is 0.591. The van der Waals surface area contributed by atoms with Crippen LogP contribution in [-0.2, 0) is 9.59 Å². The van der Waals surface area contributed by atoms with Crippen molar-refractivity contribution in [3.63, 3.8) is 0 Å². The summed E-state index contributed by atoms with van der Waals surface area (Å²) >= 11 is 0. The standard InChI is InChI=1S/C22H31N3O3/c1-3-24(4-2)22(28)19(23-20(26)17-8-6-5-7-9-17)16-12-14-25(15-13-16)21(27)18-10-11-18/h5-9,16,18-19H,3-4,10-15H2,1-2H3,(H,23,26). The molecule has 3 rings (SSSR count). The molecule has 3 amide bonds. The topological polar surface area (TPSA) is 69.7 Å². The molecule has 0 spiro atoms. The number of likely N-dealkylation sites (tertiary alicyclic amines) is 1. The summed E-state index contributed by atoms with van der Waals surface area (Å²) in [6, 6.07) is 8.46. The fourth-order valence-corrected chi connectivity index (χ4v) is 3.97. The number of amides is 3. The highest BCUT2D eigenvalue weighted by Crippen LogP contribution is 2.33. The van der Waals surface area contributed by atoms with Gasteiger partial charge in [0.25, 0.3) is 5.91 Å². The summed E-state index contributed by atoms with van der Waals surface area (Å²) in [5.41, 5.74) is 0.557. The van der Waals surface area contributed by atoms with Crippen LogP contribution in [-0.4, -0.2) is 59.7 Å². The first-order valence-corrected chi connectivity index (χ1v) is 10.5. The Kier molecular flexibility index (Phi) is 6.70. The van der Waals surface area contributed by atoms with Crippen LogP contribution in [0.15, 0.2) is 30.3 Å². The average molecular weight is 386 g/mol. The molecule has 0 bridgehead atoms. The highest BCUT2D eigenvalue weighted by molar-refractivity contribution is 5.97. The number of benzene rings is 1. The Hall–Kier alpha value is -2.37. The van der Waals surface area contributed by atoms with Crippen LogP contribution in [0.25, 0.3) is 0 Å². The van der Waals surface area contributed by atoms with Gasteiger partial charge < -0.3 is 15.1 Å². The third-order valence-corrected chi connectivity index (χ3v) is 5.91. The Morgan fingerprint density at radius 2 is 1.64 bits per heavy atom. The van der Waals surface area contributed by atoms with E-state index in [0.717, 1.165) is 25.7 Å². The Bertz CT molecular complexity index is 690. The van der Waals surface area contributed by atoms with Crippen LogP contribution in [0.2, 0.25) is 0 Å². The molecular weight excluding hydrogens is 354 g/mol. The van der Waals surface area contributed by atoms with Gasteiger partial charge in [0.2, 0.25) is 11.8 Å². The third-order valence-electron chi connectivity index (χ3n) is 5.91. The third kappa shape index (κ3) is 4.72. The highest BCUT2D eigenvalue weighted by atomic mass is 16.2. The van der Waals surface area contributed by atoms with E-state index in [-0.39, 0.29) is 29.6 Å². The van der Waals surface area contributed by atoms with E-state index < -0.39 is 6.04 Å². The zero-order chi connectivity index (χ0) is 20.1. The smallest absolute Gasteiger partial charge is 0.251 e. The van der Waals surface area contributed by atoms with E-state index in [1.165, 1.54) is 0 Å². The monoisotopic (exact) mass is 385 g/mol. The number of hydrogen-bond acceptors (Lipinski definition) is 3. The van der Waals surface area contributed by atoms with Crippen molar-refractivity contribution in [2.75, 3.05) is 26.2 Å². The second kappa shape index (κ2) is 9.22. The first kappa shape index (κ1) is 20.4. The number of carbonyl (C=O) groups excluding carboxylic acids is 3. The Morgan fingerprint density at radius 1 is 1.04 bits per heavy atom. The van der Waals surface area contributed by atoms with Crippen LogP contribution in [0, 0.1) is 11.8 Å². The van der Waals surface area contributed by atoms with E-state index >= 15 is 0 Å². The number of nitrogens with one attached hydrogen (secondary N) is 1. The molecule has 1 N–H and O–H groups in total. The van der Waals surface area contributed by atoms with Gasteiger partial charge >= 0.3 is 0 Å². The van der Waals surface area contributed by atoms with Gasteiger partial charge in [-0.05, 0) is 57.6 Å². The van der Waals surface area contributed by atoms with Crippen molar-refractivity contribution in [2.24, 2.45) is 11.8 Å². The summed E-state index contributed by atoms with van der Waals surface area (Å²) in [6.07, 6.45) is 3.50. The van der Waals surface area contributed by atoms with Gasteiger partial charge in [-0.1, -0.05) is 18.2 Å². The van der Waals surface area contributed by atoms with Gasteiger partial charge in [-0.2, -0.15) is 0 Å². The number of hydrogen-bond donors (Lipinski definition) is 1. The van der Waals surface area contributed by atoms with E-state index in [9.17, 15) is 14.4 Å². The van der Waals surface area contributed by atoms with Crippen molar-refractivity contribution in [3.05, 3.63) is 35.9 Å². The molecule has 1 saturated heterocycles. The Morgan fingerprint density at radius 3 is 2.18 bits per heavy atom. The first-order chi connectivity index (χ1) is 13.5. The molecule has 2 aliphatic rings. The van der Waals surface area contributed by atoms with Gasteiger partial charge in [0.15, 0.2) is 0 Å². The molecule has 0 radical (unpaired) electrons. The SMILES string of the molecule is CCN(CC)C(=O)C(NC(=O)c1ccccc1)C1CCN(C(=O)C2CC2)CC1. The lowest BCUT2D eigenvalue weighted by molar-refractivity contribution is -0.136. The largest absolute Gasteiger partial charge is 0.342 e. The van der Waals surface area contributed by atoms with Crippen LogP contribution in [0.5, 0.6) is 0 Å². The Labute approximate surface area is 167 Å². The summed E-state index contributed by atoms with van der Waals surface area (Å²) in [4.78, 5) is 41.9. The second-order valence-electron chi connectivity index (χ2n) is 7.76. The maximum atomic E-state index is 13.1. The van der Waals surface area contributed by atoms with Crippen LogP contribution < -0.4 is 5.32 Å². The summed E-state index contributed by atoms with van der Waals surface area (Å²) in [6.45, 7) is 6.48. The van der Waals surface area contributed by atoms with Gasteiger partial charge in [-0.3, -0.25) is 14.4 Å². The van der Waals surface area contributed by atoms with Crippen molar-refractivity contribution in [3.8, 4) is 0 Å². The van der Waals surface area contributed by atoms with Crippen LogP contribution in [0.4, 0.5) is 0 Å². The molecule has 1 unspecified atom stereocenters. The lowest BCUT2D eigenvalue weighted by Gasteiger charge is -2.37. The molecule has 1 aliphatic heterocycles. The average Bonchev–Trinajstić information content (AvgIpc) is 3.58. The van der Waals surface area contributed by atoms with E-state index in [1.807, 2.05) is 36.9 Å². The minimum atomic E-state index is -0.550. The Balaban J connectivity index is 1.70. The van der Waals surface area contributed by atoms with Gasteiger partial charge in [0.1, 0.15) is 6.04 Å². The lowest BCUT2D eigenvalue weighted by Crippen LogP contribution is -2.54. The van der Waals surface area contributed by atoms with Gasteiger partial charge in [-0.25, -0.2) is 0 Å². The van der Waals surface area contributed by atoms with Crippen molar-refractivity contribution in [1.29, 1.82) is 0 Å². The normalized spacial score (nSPS) is 18.4. The molecule has 28 heavy (non-hydrogen) atoms.